The number of carbonyl (C=O) groups excluding carboxylic acids is 1. The predicted molar refractivity (Wildman–Crippen MR) is 102 cm³/mol. The molecule has 1 unspecified atom stereocenters. The van der Waals surface area contributed by atoms with Crippen molar-refractivity contribution in [2.24, 2.45) is 0 Å². The number of benzene rings is 2. The van der Waals surface area contributed by atoms with Crippen LogP contribution in [-0.4, -0.2) is 45.2 Å². The molecule has 1 heterocycles. The molecule has 1 amide bonds. The largest absolute Gasteiger partial charge is 0.497 e. The summed E-state index contributed by atoms with van der Waals surface area (Å²) in [4.78, 5) is 14.7. The smallest absolute Gasteiger partial charge is 0.250 e. The highest BCUT2D eigenvalue weighted by atomic mass is 16.5. The Balaban J connectivity index is 1.67. The number of hydrogen-bond donors (Lipinski definition) is 1. The third-order valence-corrected chi connectivity index (χ3v) is 4.50. The number of para-hydroxylation sites is 1. The molecule has 2 aromatic rings. The third-order valence-electron chi connectivity index (χ3n) is 4.50. The number of rotatable bonds is 6. The van der Waals surface area contributed by atoms with Crippen molar-refractivity contribution in [2.45, 2.75) is 6.04 Å². The van der Waals surface area contributed by atoms with Gasteiger partial charge >= 0.3 is 0 Å². The van der Waals surface area contributed by atoms with Crippen LogP contribution < -0.4 is 14.8 Å². The number of methoxy groups -OCH3 is 1. The maximum Gasteiger partial charge on any atom is 0.250 e. The molecule has 1 N–H and O–H groups in total. The summed E-state index contributed by atoms with van der Waals surface area (Å²) < 4.78 is 10.9. The molecule has 136 valence electrons. The highest BCUT2D eigenvalue weighted by Crippen LogP contribution is 2.26. The summed E-state index contributed by atoms with van der Waals surface area (Å²) in [6, 6.07) is 15.7. The molecule has 5 heteroatoms. The lowest BCUT2D eigenvalue weighted by molar-refractivity contribution is -0.118. The van der Waals surface area contributed by atoms with Crippen molar-refractivity contribution in [3.63, 3.8) is 0 Å². The minimum absolute atomic E-state index is 0.0715. The number of amides is 1. The van der Waals surface area contributed by atoms with Crippen LogP contribution in [0.1, 0.15) is 17.2 Å². The van der Waals surface area contributed by atoms with E-state index in [4.69, 9.17) is 9.47 Å². The number of fused-ring (bicyclic) bond motifs is 1. The Morgan fingerprint density at radius 2 is 1.92 bits per heavy atom. The Bertz CT molecular complexity index is 797. The van der Waals surface area contributed by atoms with E-state index in [1.54, 1.807) is 7.11 Å². The van der Waals surface area contributed by atoms with Gasteiger partial charge < -0.3 is 19.7 Å². The maximum absolute atomic E-state index is 12.6. The van der Waals surface area contributed by atoms with Gasteiger partial charge in [0.05, 0.1) is 18.7 Å². The monoisotopic (exact) mass is 352 g/mol. The van der Waals surface area contributed by atoms with Crippen molar-refractivity contribution in [2.75, 3.05) is 34.4 Å². The van der Waals surface area contributed by atoms with Gasteiger partial charge in [-0.2, -0.15) is 0 Å². The van der Waals surface area contributed by atoms with Gasteiger partial charge in [-0.25, -0.2) is 0 Å². The van der Waals surface area contributed by atoms with E-state index in [2.05, 4.69) is 10.2 Å². The van der Waals surface area contributed by atoms with Crippen molar-refractivity contribution in [3.05, 3.63) is 65.2 Å². The molecule has 5 nitrogen and oxygen atoms in total. The van der Waals surface area contributed by atoms with Crippen LogP contribution in [0.2, 0.25) is 0 Å². The average Bonchev–Trinajstić information content (AvgIpc) is 2.67. The van der Waals surface area contributed by atoms with E-state index in [0.717, 1.165) is 22.6 Å². The second kappa shape index (κ2) is 8.06. The Kier molecular flexibility index (Phi) is 5.58. The molecule has 0 aliphatic carbocycles. The molecule has 26 heavy (non-hydrogen) atoms. The normalized spacial score (nSPS) is 14.1. The first-order chi connectivity index (χ1) is 12.6. The number of nitrogens with one attached hydrogen (secondary N) is 1. The van der Waals surface area contributed by atoms with Crippen LogP contribution in [0.3, 0.4) is 0 Å². The van der Waals surface area contributed by atoms with E-state index < -0.39 is 0 Å². The van der Waals surface area contributed by atoms with Crippen molar-refractivity contribution in [1.82, 2.24) is 10.2 Å². The van der Waals surface area contributed by atoms with E-state index in [1.807, 2.05) is 68.7 Å². The molecule has 1 aliphatic rings. The zero-order valence-corrected chi connectivity index (χ0v) is 15.4. The first-order valence-electron chi connectivity index (χ1n) is 8.59. The molecule has 2 aromatic carbocycles. The number of likely N-dealkylation sites (N-methyl/N-ethyl adjacent to an activating group) is 1. The highest BCUT2D eigenvalue weighted by Gasteiger charge is 2.20. The van der Waals surface area contributed by atoms with E-state index in [0.29, 0.717) is 12.1 Å². The van der Waals surface area contributed by atoms with E-state index >= 15 is 0 Å². The number of nitrogens with zero attached hydrogens (tertiary/aromatic N) is 1. The quantitative estimate of drug-likeness (QED) is 0.869. The van der Waals surface area contributed by atoms with Gasteiger partial charge in [-0.3, -0.25) is 4.79 Å². The van der Waals surface area contributed by atoms with Gasteiger partial charge in [0, 0.05) is 12.1 Å². The second-order valence-electron chi connectivity index (χ2n) is 6.46. The first-order valence-corrected chi connectivity index (χ1v) is 8.59. The van der Waals surface area contributed by atoms with Crippen molar-refractivity contribution in [3.8, 4) is 11.5 Å². The van der Waals surface area contributed by atoms with Crippen molar-refractivity contribution >= 4 is 12.0 Å². The molecule has 1 atom stereocenters. The lowest BCUT2D eigenvalue weighted by Crippen LogP contribution is -2.36. The summed E-state index contributed by atoms with van der Waals surface area (Å²) in [5.41, 5.74) is 2.69. The lowest BCUT2D eigenvalue weighted by atomic mass is 10.0. The molecule has 0 aromatic heterocycles. The van der Waals surface area contributed by atoms with Crippen LogP contribution in [0, 0.1) is 0 Å². The summed E-state index contributed by atoms with van der Waals surface area (Å²) >= 11 is 0. The molecular weight excluding hydrogens is 328 g/mol. The molecule has 0 bridgehead atoms. The molecule has 0 spiro atoms. The summed E-state index contributed by atoms with van der Waals surface area (Å²) in [6.07, 6.45) is 1.90. The van der Waals surface area contributed by atoms with E-state index in [-0.39, 0.29) is 18.6 Å². The Labute approximate surface area is 154 Å². The molecule has 3 rings (SSSR count). The predicted octanol–water partition coefficient (Wildman–Crippen LogP) is 2.89. The SMILES string of the molecule is COc1ccc(C(CNC(=O)C2=Cc3ccccc3OC2)N(C)C)cc1. The van der Waals surface area contributed by atoms with Gasteiger partial charge in [0.25, 0.3) is 5.91 Å². The number of carbonyl (C=O) groups is 1. The fraction of sp³-hybridized carbons (Fsp3) is 0.286. The third kappa shape index (κ3) is 4.06. The Morgan fingerprint density at radius 1 is 1.19 bits per heavy atom. The van der Waals surface area contributed by atoms with Crippen LogP contribution in [0.15, 0.2) is 54.1 Å². The fourth-order valence-electron chi connectivity index (χ4n) is 2.97. The van der Waals surface area contributed by atoms with Gasteiger partial charge in [0.15, 0.2) is 0 Å². The van der Waals surface area contributed by atoms with Crippen LogP contribution >= 0.6 is 0 Å². The van der Waals surface area contributed by atoms with Gasteiger partial charge in [-0.15, -0.1) is 0 Å². The Hall–Kier alpha value is -2.79. The summed E-state index contributed by atoms with van der Waals surface area (Å²) in [7, 11) is 5.65. The molecular formula is C21H24N2O3. The fourth-order valence-corrected chi connectivity index (χ4v) is 2.97. The highest BCUT2D eigenvalue weighted by molar-refractivity contribution is 5.99. The minimum Gasteiger partial charge on any atom is -0.497 e. The summed E-state index contributed by atoms with van der Waals surface area (Å²) in [6.45, 7) is 0.801. The first kappa shape index (κ1) is 18.0. The van der Waals surface area contributed by atoms with E-state index in [1.165, 1.54) is 0 Å². The van der Waals surface area contributed by atoms with E-state index in [9.17, 15) is 4.79 Å². The molecule has 1 aliphatic heterocycles. The summed E-state index contributed by atoms with van der Waals surface area (Å²) in [5, 5.41) is 3.03. The van der Waals surface area contributed by atoms with Crippen molar-refractivity contribution in [1.29, 1.82) is 0 Å². The molecule has 0 saturated heterocycles. The Morgan fingerprint density at radius 3 is 2.62 bits per heavy atom. The number of hydrogen-bond acceptors (Lipinski definition) is 4. The number of ether oxygens (including phenoxy) is 2. The summed E-state index contributed by atoms with van der Waals surface area (Å²) in [5.74, 6) is 1.53. The molecule has 0 radical (unpaired) electrons. The van der Waals surface area contributed by atoms with Crippen molar-refractivity contribution < 1.29 is 14.3 Å². The van der Waals surface area contributed by atoms with Crippen LogP contribution in [0.5, 0.6) is 11.5 Å². The van der Waals surface area contributed by atoms with Crippen LogP contribution in [-0.2, 0) is 4.79 Å². The minimum atomic E-state index is -0.0973. The van der Waals surface area contributed by atoms with Gasteiger partial charge in [-0.05, 0) is 43.9 Å². The molecule has 0 saturated carbocycles. The van der Waals surface area contributed by atoms with Crippen LogP contribution in [0.4, 0.5) is 0 Å². The zero-order chi connectivity index (χ0) is 18.5. The molecule has 0 fully saturated rings. The lowest BCUT2D eigenvalue weighted by Gasteiger charge is -2.26. The maximum atomic E-state index is 12.6. The second-order valence-corrected chi connectivity index (χ2v) is 6.46. The average molecular weight is 352 g/mol. The topological polar surface area (TPSA) is 50.8 Å². The van der Waals surface area contributed by atoms with Gasteiger partial charge in [0.1, 0.15) is 18.1 Å². The van der Waals surface area contributed by atoms with Crippen LogP contribution in [0.25, 0.3) is 6.08 Å². The van der Waals surface area contributed by atoms with Gasteiger partial charge in [-0.1, -0.05) is 30.3 Å². The standard InChI is InChI=1S/C21H24N2O3/c1-23(2)19(15-8-10-18(25-3)11-9-15)13-22-21(24)17-12-16-6-4-5-7-20(16)26-14-17/h4-12,19H,13-14H2,1-3H3,(H,22,24). The van der Waals surface area contributed by atoms with Gasteiger partial charge in [0.2, 0.25) is 0 Å². The zero-order valence-electron chi connectivity index (χ0n) is 15.4.